The van der Waals surface area contributed by atoms with Crippen molar-refractivity contribution in [3.05, 3.63) is 54.6 Å². The zero-order chi connectivity index (χ0) is 26.4. The Hall–Kier alpha value is -2.29. The summed E-state index contributed by atoms with van der Waals surface area (Å²) in [5, 5.41) is 10.6. The molecule has 3 amide bonds. The normalized spacial score (nSPS) is 31.2. The van der Waals surface area contributed by atoms with Crippen molar-refractivity contribution < 1.29 is 19.5 Å². The number of amides is 3. The first-order valence-electron chi connectivity index (χ1n) is 12.3. The van der Waals surface area contributed by atoms with Crippen LogP contribution in [0.4, 0.5) is 5.69 Å². The molecule has 0 saturated carbocycles. The molecule has 0 radical (unpaired) electrons. The van der Waals surface area contributed by atoms with Gasteiger partial charge in [0, 0.05) is 36.1 Å². The number of thioether (sulfide) groups is 1. The van der Waals surface area contributed by atoms with E-state index in [1.165, 1.54) is 0 Å². The van der Waals surface area contributed by atoms with Gasteiger partial charge in [-0.05, 0) is 43.5 Å². The predicted octanol–water partition coefficient (Wildman–Crippen LogP) is 3.22. The molecule has 2 bridgehead atoms. The van der Waals surface area contributed by atoms with Crippen LogP contribution in [0, 0.1) is 17.8 Å². The number of benzene rings is 1. The van der Waals surface area contributed by atoms with E-state index in [9.17, 15) is 19.5 Å². The highest BCUT2D eigenvalue weighted by Crippen LogP contribution is 2.69. The highest BCUT2D eigenvalue weighted by molar-refractivity contribution is 8.02. The molecule has 3 aliphatic rings. The van der Waals surface area contributed by atoms with Crippen molar-refractivity contribution in [2.45, 2.75) is 42.3 Å². The fourth-order valence-corrected chi connectivity index (χ4v) is 8.86. The molecule has 1 aromatic carbocycles. The molecule has 1 spiro atoms. The zero-order valence-corrected chi connectivity index (χ0v) is 22.5. The first-order valence-corrected chi connectivity index (χ1v) is 13.5. The lowest BCUT2D eigenvalue weighted by Crippen LogP contribution is -2.59. The van der Waals surface area contributed by atoms with Gasteiger partial charge in [-0.1, -0.05) is 30.7 Å². The quantitative estimate of drug-likeness (QED) is 0.495. The Balaban J connectivity index is 1.82. The lowest BCUT2D eigenvalue weighted by molar-refractivity contribution is -0.144. The molecule has 7 atom stereocenters. The van der Waals surface area contributed by atoms with Crippen LogP contribution in [0.15, 0.2) is 49.6 Å². The second-order valence-electron chi connectivity index (χ2n) is 10.1. The second kappa shape index (κ2) is 10.2. The maximum Gasteiger partial charge on any atom is 0.251 e. The summed E-state index contributed by atoms with van der Waals surface area (Å²) in [6.45, 7) is 11.8. The zero-order valence-electron chi connectivity index (χ0n) is 21.0. The standard InChI is InChI=1S/C27H34ClN3O4S/c1-6-12-29(5)24(33)21-20-14-16(3)27(36-20)22(21)25(34)31(17(4)15-32)23(27)26(35)30(13-7-2)19-10-8-18(28)9-11-19/h6-11,16-17,20-23,32H,1-2,12-15H2,3-5H3/t16?,17-,20+,21-,22+,23?,27?/m1/s1. The Morgan fingerprint density at radius 1 is 1.25 bits per heavy atom. The van der Waals surface area contributed by atoms with E-state index in [-0.39, 0.29) is 42.0 Å². The van der Waals surface area contributed by atoms with Crippen molar-refractivity contribution in [2.75, 3.05) is 31.6 Å². The predicted molar refractivity (Wildman–Crippen MR) is 144 cm³/mol. The van der Waals surface area contributed by atoms with Crippen molar-refractivity contribution in [1.82, 2.24) is 9.80 Å². The molecule has 194 valence electrons. The van der Waals surface area contributed by atoms with E-state index in [2.05, 4.69) is 20.1 Å². The van der Waals surface area contributed by atoms with Crippen molar-refractivity contribution in [3.8, 4) is 0 Å². The number of aliphatic hydroxyl groups excluding tert-OH is 1. The molecule has 0 aromatic heterocycles. The van der Waals surface area contributed by atoms with E-state index in [0.717, 1.165) is 6.42 Å². The maximum atomic E-state index is 14.4. The molecule has 3 unspecified atom stereocenters. The average Bonchev–Trinajstić information content (AvgIpc) is 3.45. The lowest BCUT2D eigenvalue weighted by atomic mass is 9.65. The van der Waals surface area contributed by atoms with Gasteiger partial charge in [0.15, 0.2) is 0 Å². The Kier molecular flexibility index (Phi) is 7.60. The van der Waals surface area contributed by atoms with Crippen LogP contribution in [-0.4, -0.2) is 81.5 Å². The van der Waals surface area contributed by atoms with Gasteiger partial charge in [0.25, 0.3) is 5.91 Å². The number of likely N-dealkylation sites (tertiary alicyclic amines) is 1. The van der Waals surface area contributed by atoms with Crippen LogP contribution >= 0.6 is 23.4 Å². The minimum atomic E-state index is -0.819. The number of anilines is 1. The number of hydrogen-bond donors (Lipinski definition) is 1. The third-order valence-corrected chi connectivity index (χ3v) is 10.3. The van der Waals surface area contributed by atoms with E-state index in [4.69, 9.17) is 11.6 Å². The van der Waals surface area contributed by atoms with Gasteiger partial charge in [-0.2, -0.15) is 0 Å². The summed E-state index contributed by atoms with van der Waals surface area (Å²) in [6.07, 6.45) is 4.07. The molecule has 1 aromatic rings. The van der Waals surface area contributed by atoms with Crippen LogP contribution in [0.1, 0.15) is 20.3 Å². The van der Waals surface area contributed by atoms with Crippen LogP contribution in [0.2, 0.25) is 5.02 Å². The Labute approximate surface area is 222 Å². The summed E-state index contributed by atoms with van der Waals surface area (Å²) in [5.41, 5.74) is 0.650. The molecular weight excluding hydrogens is 498 g/mol. The fourth-order valence-electron chi connectivity index (χ4n) is 6.34. The van der Waals surface area contributed by atoms with Crippen LogP contribution in [0.3, 0.4) is 0 Å². The number of nitrogens with zero attached hydrogens (tertiary/aromatic N) is 3. The summed E-state index contributed by atoms with van der Waals surface area (Å²) >= 11 is 7.71. The van der Waals surface area contributed by atoms with Crippen LogP contribution in [0.25, 0.3) is 0 Å². The number of halogens is 1. The van der Waals surface area contributed by atoms with Gasteiger partial charge in [-0.3, -0.25) is 14.4 Å². The smallest absolute Gasteiger partial charge is 0.251 e. The Morgan fingerprint density at radius 2 is 1.89 bits per heavy atom. The van der Waals surface area contributed by atoms with Gasteiger partial charge in [0.1, 0.15) is 6.04 Å². The first kappa shape index (κ1) is 26.8. The average molecular weight is 532 g/mol. The summed E-state index contributed by atoms with van der Waals surface area (Å²) in [4.78, 5) is 46.9. The molecule has 3 aliphatic heterocycles. The number of carbonyl (C=O) groups excluding carboxylic acids is 3. The van der Waals surface area contributed by atoms with Crippen molar-refractivity contribution >= 4 is 46.8 Å². The molecule has 3 heterocycles. The number of hydrogen-bond acceptors (Lipinski definition) is 5. The molecule has 9 heteroatoms. The molecule has 4 rings (SSSR count). The van der Waals surface area contributed by atoms with Crippen molar-refractivity contribution in [3.63, 3.8) is 0 Å². The van der Waals surface area contributed by atoms with E-state index >= 15 is 0 Å². The molecule has 36 heavy (non-hydrogen) atoms. The van der Waals surface area contributed by atoms with Gasteiger partial charge in [0.05, 0.1) is 29.2 Å². The maximum absolute atomic E-state index is 14.4. The minimum absolute atomic E-state index is 0.0378. The molecule has 0 aliphatic carbocycles. The van der Waals surface area contributed by atoms with Crippen molar-refractivity contribution in [1.29, 1.82) is 0 Å². The topological polar surface area (TPSA) is 81.2 Å². The number of fused-ring (bicyclic) bond motifs is 1. The third-order valence-electron chi connectivity index (χ3n) is 7.94. The third kappa shape index (κ3) is 3.98. The molecule has 3 saturated heterocycles. The monoisotopic (exact) mass is 531 g/mol. The summed E-state index contributed by atoms with van der Waals surface area (Å²) in [7, 11) is 1.72. The minimum Gasteiger partial charge on any atom is -0.394 e. The lowest BCUT2D eigenvalue weighted by Gasteiger charge is -2.41. The van der Waals surface area contributed by atoms with Gasteiger partial charge in [0.2, 0.25) is 11.8 Å². The van der Waals surface area contributed by atoms with Crippen LogP contribution in [-0.2, 0) is 14.4 Å². The largest absolute Gasteiger partial charge is 0.394 e. The second-order valence-corrected chi connectivity index (χ2v) is 12.0. The van der Waals surface area contributed by atoms with Crippen LogP contribution < -0.4 is 4.90 Å². The van der Waals surface area contributed by atoms with E-state index in [1.807, 2.05) is 0 Å². The molecule has 3 fully saturated rings. The van der Waals surface area contributed by atoms with Gasteiger partial charge in [-0.25, -0.2) is 0 Å². The molecular formula is C27H34ClN3O4S. The number of rotatable bonds is 9. The number of carbonyl (C=O) groups is 3. The van der Waals surface area contributed by atoms with Crippen LogP contribution in [0.5, 0.6) is 0 Å². The summed E-state index contributed by atoms with van der Waals surface area (Å²) in [6, 6.07) is 5.59. The SMILES string of the molecule is C=CCN(C)C(=O)[C@@H]1[C@@H]2CC(C)C3(S2)C(C(=O)N(CC=C)c2ccc(Cl)cc2)N([C@H](C)CO)C(=O)[C@H]13. The van der Waals surface area contributed by atoms with E-state index in [0.29, 0.717) is 17.3 Å². The van der Waals surface area contributed by atoms with Gasteiger partial charge < -0.3 is 19.8 Å². The Morgan fingerprint density at radius 3 is 2.47 bits per heavy atom. The van der Waals surface area contributed by atoms with Gasteiger partial charge in [-0.15, -0.1) is 24.9 Å². The molecule has 7 nitrogen and oxygen atoms in total. The van der Waals surface area contributed by atoms with Crippen molar-refractivity contribution in [2.24, 2.45) is 17.8 Å². The van der Waals surface area contributed by atoms with E-state index < -0.39 is 28.7 Å². The fraction of sp³-hybridized carbons (Fsp3) is 0.519. The molecule has 1 N–H and O–H groups in total. The number of likely N-dealkylation sites (N-methyl/N-ethyl adjacent to an activating group) is 1. The highest BCUT2D eigenvalue weighted by atomic mass is 35.5. The number of aliphatic hydroxyl groups is 1. The highest BCUT2D eigenvalue weighted by Gasteiger charge is 2.76. The first-order chi connectivity index (χ1) is 17.1. The van der Waals surface area contributed by atoms with E-state index in [1.54, 1.807) is 76.9 Å². The summed E-state index contributed by atoms with van der Waals surface area (Å²) in [5.74, 6) is -1.66. The van der Waals surface area contributed by atoms with Gasteiger partial charge >= 0.3 is 0 Å². The summed E-state index contributed by atoms with van der Waals surface area (Å²) < 4.78 is -0.760. The Bertz CT molecular complexity index is 1070.